The highest BCUT2D eigenvalue weighted by Crippen LogP contribution is 2.31. The Kier molecular flexibility index (Phi) is 2.81. The molecule has 0 spiro atoms. The minimum atomic E-state index is -0.701. The van der Waals surface area contributed by atoms with E-state index in [2.05, 4.69) is 15.9 Å². The van der Waals surface area contributed by atoms with E-state index in [4.69, 9.17) is 23.2 Å². The lowest BCUT2D eigenvalue weighted by Gasteiger charge is -2.03. The molecule has 0 heterocycles. The van der Waals surface area contributed by atoms with Crippen molar-refractivity contribution in [3.8, 4) is 0 Å². The normalized spacial score (nSPS) is 12.0. The van der Waals surface area contributed by atoms with E-state index in [-0.39, 0.29) is 0 Å². The van der Waals surface area contributed by atoms with Gasteiger partial charge in [0.15, 0.2) is 3.24 Å². The van der Waals surface area contributed by atoms with E-state index in [0.717, 1.165) is 6.42 Å². The average Bonchev–Trinajstić information content (AvgIpc) is 1.35. The van der Waals surface area contributed by atoms with Gasteiger partial charge in [-0.2, -0.15) is 0 Å². The fourth-order valence-corrected chi connectivity index (χ4v) is 0. The van der Waals surface area contributed by atoms with Gasteiger partial charge in [0.1, 0.15) is 0 Å². The fourth-order valence-electron chi connectivity index (χ4n) is 0. The number of hydrogen-bond acceptors (Lipinski definition) is 0. The maximum absolute atomic E-state index is 5.40. The summed E-state index contributed by atoms with van der Waals surface area (Å²) in [5.74, 6) is 0. The Labute approximate surface area is 55.9 Å². The van der Waals surface area contributed by atoms with Crippen molar-refractivity contribution in [1.82, 2.24) is 0 Å². The molecule has 0 N–H and O–H groups in total. The topological polar surface area (TPSA) is 0 Å². The van der Waals surface area contributed by atoms with Crippen molar-refractivity contribution in [2.45, 2.75) is 16.6 Å². The number of hydrogen-bond donors (Lipinski definition) is 0. The Morgan fingerprint density at radius 3 is 1.83 bits per heavy atom. The summed E-state index contributed by atoms with van der Waals surface area (Å²) in [6.07, 6.45) is 0.718. The van der Waals surface area contributed by atoms with Gasteiger partial charge in [-0.05, 0) is 22.4 Å². The predicted molar refractivity (Wildman–Crippen MR) is 33.7 cm³/mol. The zero-order valence-corrected chi connectivity index (χ0v) is 6.44. The first-order valence-corrected chi connectivity index (χ1v) is 3.18. The van der Waals surface area contributed by atoms with Crippen LogP contribution in [0, 0.1) is 0 Å². The molecule has 0 aliphatic heterocycles. The third kappa shape index (κ3) is 5.06. The highest BCUT2D eigenvalue weighted by atomic mass is 79.9. The van der Waals surface area contributed by atoms with Crippen LogP contribution in [0.2, 0.25) is 0 Å². The zero-order valence-electron chi connectivity index (χ0n) is 3.34. The Balaban J connectivity index is 3.17. The van der Waals surface area contributed by atoms with Crippen LogP contribution < -0.4 is 0 Å². The summed E-state index contributed by atoms with van der Waals surface area (Å²) in [5, 5.41) is 0. The van der Waals surface area contributed by atoms with Crippen molar-refractivity contribution in [3.05, 3.63) is 0 Å². The monoisotopic (exact) mass is 190 g/mol. The molecule has 0 saturated heterocycles. The van der Waals surface area contributed by atoms with Crippen molar-refractivity contribution in [1.29, 1.82) is 0 Å². The molecule has 3 heteroatoms. The molecular formula is C3H5BrCl2. The minimum absolute atomic E-state index is 0.701. The van der Waals surface area contributed by atoms with Crippen LogP contribution in [0.5, 0.6) is 0 Å². The smallest absolute Gasteiger partial charge is 0.0888 e. The van der Waals surface area contributed by atoms with Gasteiger partial charge >= 0.3 is 0 Å². The SMILES string of the molecule is CCC(Cl)(Cl)Br. The molecule has 0 aliphatic carbocycles. The molecule has 0 aromatic carbocycles. The molecule has 0 amide bonds. The Hall–Kier alpha value is 1.06. The van der Waals surface area contributed by atoms with Gasteiger partial charge in [0.25, 0.3) is 0 Å². The highest BCUT2D eigenvalue weighted by molar-refractivity contribution is 9.11. The molecule has 0 rings (SSSR count). The molecule has 0 aliphatic rings. The van der Waals surface area contributed by atoms with Crippen LogP contribution in [0.25, 0.3) is 0 Å². The quantitative estimate of drug-likeness (QED) is 0.560. The van der Waals surface area contributed by atoms with Crippen LogP contribution >= 0.6 is 39.1 Å². The second-order valence-corrected chi connectivity index (χ2v) is 4.72. The number of alkyl halides is 3. The largest absolute Gasteiger partial charge is 0.171 e. The Bertz CT molecular complexity index is 38.5. The first-order chi connectivity index (χ1) is 2.56. The van der Waals surface area contributed by atoms with Crippen molar-refractivity contribution in [3.63, 3.8) is 0 Å². The molecule has 0 radical (unpaired) electrons. The third-order valence-electron chi connectivity index (χ3n) is 0.401. The highest BCUT2D eigenvalue weighted by Gasteiger charge is 2.13. The van der Waals surface area contributed by atoms with Crippen LogP contribution in [0.1, 0.15) is 13.3 Å². The fraction of sp³-hybridized carbons (Fsp3) is 1.00. The van der Waals surface area contributed by atoms with Crippen LogP contribution in [0.15, 0.2) is 0 Å². The van der Waals surface area contributed by atoms with E-state index in [0.29, 0.717) is 0 Å². The average molecular weight is 192 g/mol. The summed E-state index contributed by atoms with van der Waals surface area (Å²) in [7, 11) is 0. The number of rotatable bonds is 1. The second-order valence-electron chi connectivity index (χ2n) is 0.969. The van der Waals surface area contributed by atoms with E-state index in [1.54, 1.807) is 0 Å². The van der Waals surface area contributed by atoms with Gasteiger partial charge in [-0.25, -0.2) is 0 Å². The molecule has 0 saturated carbocycles. The van der Waals surface area contributed by atoms with Gasteiger partial charge in [0.05, 0.1) is 0 Å². The van der Waals surface area contributed by atoms with Gasteiger partial charge in [-0.15, -0.1) is 0 Å². The summed E-state index contributed by atoms with van der Waals surface area (Å²) < 4.78 is -0.701. The molecule has 0 unspecified atom stereocenters. The maximum atomic E-state index is 5.40. The zero-order chi connectivity index (χ0) is 5.21. The van der Waals surface area contributed by atoms with Gasteiger partial charge in [-0.3, -0.25) is 0 Å². The summed E-state index contributed by atoms with van der Waals surface area (Å²) in [6.45, 7) is 1.90. The Morgan fingerprint density at radius 1 is 1.67 bits per heavy atom. The molecule has 0 aromatic heterocycles. The van der Waals surface area contributed by atoms with E-state index < -0.39 is 3.24 Å². The van der Waals surface area contributed by atoms with E-state index >= 15 is 0 Å². The van der Waals surface area contributed by atoms with Crippen LogP contribution in [0.3, 0.4) is 0 Å². The van der Waals surface area contributed by atoms with Crippen molar-refractivity contribution >= 4 is 39.1 Å². The van der Waals surface area contributed by atoms with Crippen LogP contribution in [-0.2, 0) is 0 Å². The van der Waals surface area contributed by atoms with Crippen molar-refractivity contribution in [2.24, 2.45) is 0 Å². The minimum Gasteiger partial charge on any atom is -0.0888 e. The molecular weight excluding hydrogens is 187 g/mol. The third-order valence-corrected chi connectivity index (χ3v) is 1.50. The standard InChI is InChI=1S/C3H5BrCl2/c1-2-3(4,5)6/h2H2,1H3. The van der Waals surface area contributed by atoms with E-state index in [1.165, 1.54) is 0 Å². The van der Waals surface area contributed by atoms with Gasteiger partial charge in [0, 0.05) is 0 Å². The van der Waals surface area contributed by atoms with Gasteiger partial charge in [-0.1, -0.05) is 30.1 Å². The maximum Gasteiger partial charge on any atom is 0.171 e. The van der Waals surface area contributed by atoms with Gasteiger partial charge < -0.3 is 0 Å². The van der Waals surface area contributed by atoms with Crippen LogP contribution in [0.4, 0.5) is 0 Å². The van der Waals surface area contributed by atoms with Crippen molar-refractivity contribution in [2.75, 3.05) is 0 Å². The molecule has 0 nitrogen and oxygen atoms in total. The lowest BCUT2D eigenvalue weighted by Crippen LogP contribution is -1.94. The first-order valence-electron chi connectivity index (χ1n) is 1.63. The second kappa shape index (κ2) is 2.39. The van der Waals surface area contributed by atoms with Crippen molar-refractivity contribution < 1.29 is 0 Å². The molecule has 6 heavy (non-hydrogen) atoms. The molecule has 0 aromatic rings. The summed E-state index contributed by atoms with van der Waals surface area (Å²) in [6, 6.07) is 0. The summed E-state index contributed by atoms with van der Waals surface area (Å²) in [5.41, 5.74) is 0. The summed E-state index contributed by atoms with van der Waals surface area (Å²) >= 11 is 13.8. The van der Waals surface area contributed by atoms with Gasteiger partial charge in [0.2, 0.25) is 0 Å². The lowest BCUT2D eigenvalue weighted by atomic mass is 10.6. The molecule has 0 fully saturated rings. The molecule has 0 atom stereocenters. The number of halogens is 3. The Morgan fingerprint density at radius 2 is 1.83 bits per heavy atom. The lowest BCUT2D eigenvalue weighted by molar-refractivity contribution is 1.00. The van der Waals surface area contributed by atoms with Crippen LogP contribution in [-0.4, -0.2) is 3.24 Å². The molecule has 0 bridgehead atoms. The van der Waals surface area contributed by atoms with E-state index in [1.807, 2.05) is 6.92 Å². The predicted octanol–water partition coefficient (Wildman–Crippen LogP) is 2.92. The van der Waals surface area contributed by atoms with E-state index in [9.17, 15) is 0 Å². The first kappa shape index (κ1) is 7.06. The summed E-state index contributed by atoms with van der Waals surface area (Å²) in [4.78, 5) is 0. The molecule has 38 valence electrons.